The second kappa shape index (κ2) is 6.87. The molecule has 2 heterocycles. The molecule has 0 atom stereocenters. The number of anilines is 1. The van der Waals surface area contributed by atoms with Crippen molar-refractivity contribution in [1.29, 1.82) is 0 Å². The van der Waals surface area contributed by atoms with Gasteiger partial charge in [-0.2, -0.15) is 0 Å². The summed E-state index contributed by atoms with van der Waals surface area (Å²) >= 11 is 0. The fourth-order valence-electron chi connectivity index (χ4n) is 3.91. The number of rotatable bonds is 5. The fraction of sp³-hybridized carbons (Fsp3) is 0.429. The lowest BCUT2D eigenvalue weighted by atomic mass is 9.95. The number of fused-ring (bicyclic) bond motifs is 1. The lowest BCUT2D eigenvalue weighted by Gasteiger charge is -2.22. The third-order valence-electron chi connectivity index (χ3n) is 4.85. The van der Waals surface area contributed by atoms with Crippen molar-refractivity contribution in [3.05, 3.63) is 41.3 Å². The van der Waals surface area contributed by atoms with Crippen LogP contribution in [0.25, 0.3) is 22.2 Å². The molecular formula is C21H28N4. The van der Waals surface area contributed by atoms with Crippen molar-refractivity contribution < 1.29 is 0 Å². The summed E-state index contributed by atoms with van der Waals surface area (Å²) in [6.07, 6.45) is 5.01. The van der Waals surface area contributed by atoms with E-state index >= 15 is 0 Å². The smallest absolute Gasteiger partial charge is 0.156 e. The molecule has 132 valence electrons. The first kappa shape index (κ1) is 17.5. The van der Waals surface area contributed by atoms with E-state index in [1.165, 1.54) is 27.8 Å². The first-order chi connectivity index (χ1) is 12.0. The Bertz CT molecular complexity index is 885. The summed E-state index contributed by atoms with van der Waals surface area (Å²) in [5.41, 5.74) is 8.54. The third kappa shape index (κ3) is 3.01. The fourth-order valence-corrected chi connectivity index (χ4v) is 3.91. The van der Waals surface area contributed by atoms with Crippen LogP contribution in [0.2, 0.25) is 0 Å². The van der Waals surface area contributed by atoms with Gasteiger partial charge in [0.2, 0.25) is 0 Å². The van der Waals surface area contributed by atoms with Gasteiger partial charge >= 0.3 is 0 Å². The highest BCUT2D eigenvalue weighted by atomic mass is 15.2. The maximum atomic E-state index is 4.66. The molecule has 0 unspecified atom stereocenters. The number of hydrogen-bond acceptors (Lipinski definition) is 3. The van der Waals surface area contributed by atoms with E-state index < -0.39 is 0 Å². The average Bonchev–Trinajstić information content (AvgIpc) is 2.89. The van der Waals surface area contributed by atoms with Gasteiger partial charge in [0.25, 0.3) is 0 Å². The van der Waals surface area contributed by atoms with E-state index in [2.05, 4.69) is 79.4 Å². The van der Waals surface area contributed by atoms with Crippen LogP contribution in [-0.4, -0.2) is 27.6 Å². The summed E-state index contributed by atoms with van der Waals surface area (Å²) in [5.74, 6) is 1.03. The van der Waals surface area contributed by atoms with E-state index in [1.807, 2.05) is 0 Å². The van der Waals surface area contributed by atoms with Crippen LogP contribution in [0.1, 0.15) is 37.0 Å². The zero-order chi connectivity index (χ0) is 18.1. The molecule has 0 saturated heterocycles. The van der Waals surface area contributed by atoms with Crippen LogP contribution in [0.3, 0.4) is 0 Å². The molecular weight excluding hydrogens is 308 g/mol. The van der Waals surface area contributed by atoms with Gasteiger partial charge < -0.3 is 9.47 Å². The van der Waals surface area contributed by atoms with Gasteiger partial charge in [-0.15, -0.1) is 0 Å². The number of aromatic nitrogens is 3. The van der Waals surface area contributed by atoms with E-state index in [-0.39, 0.29) is 0 Å². The van der Waals surface area contributed by atoms with Crippen molar-refractivity contribution in [2.45, 2.75) is 41.0 Å². The Labute approximate surface area is 150 Å². The molecule has 0 bridgehead atoms. The number of aryl methyl sites for hydroxylation is 4. The standard InChI is InChI=1S/C21H28N4/c1-7-9-25(8-2)21-20-19(22-13-23-21)17(12-24(20)6)18-15(4)10-14(3)11-16(18)5/h10-13H,7-9H2,1-6H3. The summed E-state index contributed by atoms with van der Waals surface area (Å²) in [4.78, 5) is 11.6. The molecule has 0 saturated carbocycles. The molecule has 0 aliphatic carbocycles. The number of benzene rings is 1. The molecule has 0 fully saturated rings. The van der Waals surface area contributed by atoms with Gasteiger partial charge in [-0.3, -0.25) is 0 Å². The minimum atomic E-state index is 0.947. The molecule has 3 aromatic rings. The zero-order valence-electron chi connectivity index (χ0n) is 16.2. The molecule has 2 aromatic heterocycles. The van der Waals surface area contributed by atoms with Crippen molar-refractivity contribution in [2.24, 2.45) is 7.05 Å². The van der Waals surface area contributed by atoms with Crippen molar-refractivity contribution >= 4 is 16.9 Å². The van der Waals surface area contributed by atoms with Gasteiger partial charge in [0, 0.05) is 31.9 Å². The molecule has 0 N–H and O–H groups in total. The topological polar surface area (TPSA) is 34.0 Å². The Kier molecular flexibility index (Phi) is 4.80. The first-order valence-electron chi connectivity index (χ1n) is 9.11. The van der Waals surface area contributed by atoms with Crippen molar-refractivity contribution in [3.63, 3.8) is 0 Å². The highest BCUT2D eigenvalue weighted by Crippen LogP contribution is 2.36. The van der Waals surface area contributed by atoms with Crippen LogP contribution in [0.5, 0.6) is 0 Å². The van der Waals surface area contributed by atoms with E-state index in [4.69, 9.17) is 0 Å². The van der Waals surface area contributed by atoms with E-state index in [0.717, 1.165) is 36.4 Å². The highest BCUT2D eigenvalue weighted by molar-refractivity contribution is 5.99. The summed E-state index contributed by atoms with van der Waals surface area (Å²) in [7, 11) is 2.09. The molecule has 3 rings (SSSR count). The molecule has 4 nitrogen and oxygen atoms in total. The van der Waals surface area contributed by atoms with Crippen LogP contribution in [0.15, 0.2) is 24.7 Å². The summed E-state index contributed by atoms with van der Waals surface area (Å²) in [6, 6.07) is 4.50. The molecule has 0 amide bonds. The van der Waals surface area contributed by atoms with Crippen LogP contribution in [0, 0.1) is 20.8 Å². The van der Waals surface area contributed by atoms with Crippen LogP contribution in [0.4, 0.5) is 5.82 Å². The average molecular weight is 336 g/mol. The molecule has 0 aliphatic heterocycles. The van der Waals surface area contributed by atoms with Crippen molar-refractivity contribution in [1.82, 2.24) is 14.5 Å². The number of nitrogens with zero attached hydrogens (tertiary/aromatic N) is 4. The molecule has 1 aromatic carbocycles. The molecule has 0 radical (unpaired) electrons. The first-order valence-corrected chi connectivity index (χ1v) is 9.11. The predicted octanol–water partition coefficient (Wildman–Crippen LogP) is 4.80. The normalized spacial score (nSPS) is 11.3. The van der Waals surface area contributed by atoms with Crippen molar-refractivity contribution in [3.8, 4) is 11.1 Å². The third-order valence-corrected chi connectivity index (χ3v) is 4.85. The minimum absolute atomic E-state index is 0.947. The van der Waals surface area contributed by atoms with Crippen LogP contribution >= 0.6 is 0 Å². The summed E-state index contributed by atoms with van der Waals surface area (Å²) in [6.45, 7) is 12.9. The van der Waals surface area contributed by atoms with Crippen LogP contribution < -0.4 is 4.90 Å². The maximum Gasteiger partial charge on any atom is 0.156 e. The molecule has 0 spiro atoms. The quantitative estimate of drug-likeness (QED) is 0.671. The van der Waals surface area contributed by atoms with Crippen LogP contribution in [-0.2, 0) is 7.05 Å². The van der Waals surface area contributed by atoms with Gasteiger partial charge in [-0.05, 0) is 50.8 Å². The maximum absolute atomic E-state index is 4.66. The minimum Gasteiger partial charge on any atom is -0.355 e. The predicted molar refractivity (Wildman–Crippen MR) is 106 cm³/mol. The van der Waals surface area contributed by atoms with Gasteiger partial charge in [0.05, 0.1) is 0 Å². The largest absolute Gasteiger partial charge is 0.355 e. The second-order valence-electron chi connectivity index (χ2n) is 6.90. The summed E-state index contributed by atoms with van der Waals surface area (Å²) < 4.78 is 2.18. The molecule has 0 aliphatic rings. The van der Waals surface area contributed by atoms with Gasteiger partial charge in [0.1, 0.15) is 17.4 Å². The molecule has 4 heteroatoms. The lowest BCUT2D eigenvalue weighted by Crippen LogP contribution is -2.25. The van der Waals surface area contributed by atoms with Gasteiger partial charge in [-0.25, -0.2) is 9.97 Å². The van der Waals surface area contributed by atoms with E-state index in [1.54, 1.807) is 6.33 Å². The Morgan fingerprint density at radius 1 is 1.04 bits per heavy atom. The Morgan fingerprint density at radius 3 is 2.32 bits per heavy atom. The monoisotopic (exact) mass is 336 g/mol. The SMILES string of the molecule is CCCN(CC)c1ncnc2c(-c3c(C)cc(C)cc3C)cn(C)c12. The van der Waals surface area contributed by atoms with E-state index in [9.17, 15) is 0 Å². The van der Waals surface area contributed by atoms with Gasteiger partial charge in [-0.1, -0.05) is 24.6 Å². The highest BCUT2D eigenvalue weighted by Gasteiger charge is 2.19. The van der Waals surface area contributed by atoms with E-state index in [0.29, 0.717) is 0 Å². The molecule has 25 heavy (non-hydrogen) atoms. The second-order valence-corrected chi connectivity index (χ2v) is 6.90. The Balaban J connectivity index is 2.27. The van der Waals surface area contributed by atoms with Crippen molar-refractivity contribution in [2.75, 3.05) is 18.0 Å². The van der Waals surface area contributed by atoms with Gasteiger partial charge in [0.15, 0.2) is 5.82 Å². The Hall–Kier alpha value is -2.36. The summed E-state index contributed by atoms with van der Waals surface area (Å²) in [5, 5.41) is 0. The lowest BCUT2D eigenvalue weighted by molar-refractivity contribution is 0.776. The Morgan fingerprint density at radius 2 is 1.72 bits per heavy atom. The number of hydrogen-bond donors (Lipinski definition) is 0. The zero-order valence-corrected chi connectivity index (χ0v) is 16.2.